The fraction of sp³-hybridized carbons (Fsp3) is 0.0256. The Morgan fingerprint density at radius 1 is 0.455 bits per heavy atom. The van der Waals surface area contributed by atoms with Gasteiger partial charge >= 0.3 is 21.1 Å². The van der Waals surface area contributed by atoms with E-state index in [0.29, 0.717) is 0 Å². The molecule has 4 heterocycles. The third-order valence-electron chi connectivity index (χ3n) is 8.38. The number of aromatic nitrogens is 2. The first-order chi connectivity index (χ1) is 21.3. The van der Waals surface area contributed by atoms with Crippen LogP contribution in [0.2, 0.25) is 0 Å². The molecule has 0 fully saturated rings. The van der Waals surface area contributed by atoms with Gasteiger partial charge in [0.05, 0.1) is 11.4 Å². The predicted molar refractivity (Wildman–Crippen MR) is 179 cm³/mol. The minimum Gasteiger partial charge on any atom is -0.298 e. The molecule has 9 rings (SSSR count). The summed E-state index contributed by atoms with van der Waals surface area (Å²) in [6.07, 6.45) is 0. The van der Waals surface area contributed by atoms with Gasteiger partial charge in [0.2, 0.25) is 0 Å². The molecule has 8 aromatic rings. The molecule has 210 valence electrons. The molecule has 0 N–H and O–H groups in total. The molecule has 2 nitrogen and oxygen atoms in total. The van der Waals surface area contributed by atoms with E-state index in [0.717, 1.165) is 43.3 Å². The molecule has 0 atom stereocenters. The van der Waals surface area contributed by atoms with Crippen LogP contribution in [0.25, 0.3) is 52.4 Å². The summed E-state index contributed by atoms with van der Waals surface area (Å²) in [4.78, 5) is 13.0. The van der Waals surface area contributed by atoms with Crippen molar-refractivity contribution < 1.29 is 21.1 Å². The summed E-state index contributed by atoms with van der Waals surface area (Å²) in [7, 11) is 0. The summed E-state index contributed by atoms with van der Waals surface area (Å²) in [5.41, 5.74) is 7.92. The smallest absolute Gasteiger partial charge is 0.298 e. The van der Waals surface area contributed by atoms with Gasteiger partial charge in [-0.3, -0.25) is 9.97 Å². The van der Waals surface area contributed by atoms with E-state index in [1.807, 2.05) is 0 Å². The van der Waals surface area contributed by atoms with E-state index in [-0.39, 0.29) is 21.1 Å². The van der Waals surface area contributed by atoms with E-state index >= 15 is 0 Å². The maximum atomic E-state index is 5.44. The second kappa shape index (κ2) is 10.7. The van der Waals surface area contributed by atoms with Crippen LogP contribution in [0.4, 0.5) is 0 Å². The molecule has 0 aliphatic heterocycles. The number of pyridine rings is 2. The van der Waals surface area contributed by atoms with Gasteiger partial charge in [0.15, 0.2) is 0 Å². The van der Waals surface area contributed by atoms with Crippen LogP contribution in [0.1, 0.15) is 22.5 Å². The zero-order valence-corrected chi connectivity index (χ0v) is 27.1. The normalized spacial score (nSPS) is 13.0. The molecule has 4 aromatic carbocycles. The summed E-state index contributed by atoms with van der Waals surface area (Å²) in [6.45, 7) is 0. The molecule has 4 aromatic heterocycles. The molecule has 0 unspecified atom stereocenters. The summed E-state index contributed by atoms with van der Waals surface area (Å²) >= 11 is 3.47. The molecule has 1 aliphatic carbocycles. The number of hydrogen-bond donors (Lipinski definition) is 0. The molecule has 0 saturated carbocycles. The van der Waals surface area contributed by atoms with Crippen LogP contribution in [0.15, 0.2) is 133 Å². The van der Waals surface area contributed by atoms with Gasteiger partial charge < -0.3 is 0 Å². The molecule has 0 radical (unpaired) electrons. The minimum absolute atomic E-state index is 0. The topological polar surface area (TPSA) is 25.8 Å². The van der Waals surface area contributed by atoms with Crippen LogP contribution in [0, 0.1) is 12.1 Å². The number of benzene rings is 4. The molecule has 44 heavy (non-hydrogen) atoms. The predicted octanol–water partition coefficient (Wildman–Crippen LogP) is 10.2. The first kappa shape index (κ1) is 27.3. The number of hydrogen-bond acceptors (Lipinski definition) is 4. The molecule has 1 aliphatic rings. The van der Waals surface area contributed by atoms with E-state index in [9.17, 15) is 0 Å². The first-order valence-electron chi connectivity index (χ1n) is 14.3. The van der Waals surface area contributed by atoms with Crippen molar-refractivity contribution in [2.75, 3.05) is 0 Å². The minimum atomic E-state index is -0.688. The van der Waals surface area contributed by atoms with Crippen molar-refractivity contribution in [1.82, 2.24) is 9.97 Å². The van der Waals surface area contributed by atoms with E-state index < -0.39 is 5.41 Å². The fourth-order valence-corrected chi connectivity index (χ4v) is 8.47. The molecule has 5 heteroatoms. The van der Waals surface area contributed by atoms with Crippen molar-refractivity contribution >= 4 is 42.8 Å². The summed E-state index contributed by atoms with van der Waals surface area (Å²) in [5.74, 6) is 0. The van der Waals surface area contributed by atoms with Crippen LogP contribution in [-0.2, 0) is 26.5 Å². The Morgan fingerprint density at radius 3 is 1.36 bits per heavy atom. The SMILES string of the molecule is [Pt+2].[c-]1c(-c2cccc(C3(c4cccc(-c5[c-]c6ccccc6s5)n4)c4ccccc4-c4ccccc43)n2)sc2ccccc12. The molecule has 0 amide bonds. The van der Waals surface area contributed by atoms with Gasteiger partial charge in [-0.1, -0.05) is 97.1 Å². The average Bonchev–Trinajstić information content (AvgIpc) is 3.78. The standard InChI is InChI=1S/C39H22N2S2.Pt/c1-7-19-33-25(11-1)23-35(42-33)31-17-9-21-37(40-31)39(29-15-5-3-13-27(29)28-14-4-6-16-30(28)39)38-22-10-18-32(41-38)36-24-26-12-2-8-20-34(26)43-36;/h1-22H;/q-2;+2. The van der Waals surface area contributed by atoms with Crippen LogP contribution in [0.3, 0.4) is 0 Å². The molecular weight excluding hydrogens is 756 g/mol. The van der Waals surface area contributed by atoms with Gasteiger partial charge in [0, 0.05) is 11.4 Å². The van der Waals surface area contributed by atoms with Crippen molar-refractivity contribution in [2.24, 2.45) is 0 Å². The Labute approximate surface area is 278 Å². The Kier molecular flexibility index (Phi) is 6.68. The Balaban J connectivity index is 0.00000289. The maximum absolute atomic E-state index is 5.44. The zero-order valence-electron chi connectivity index (χ0n) is 23.2. The Morgan fingerprint density at radius 2 is 0.886 bits per heavy atom. The maximum Gasteiger partial charge on any atom is 2.00 e. The number of nitrogens with zero attached hydrogens (tertiary/aromatic N) is 2. The largest absolute Gasteiger partial charge is 2.00 e. The third-order valence-corrected chi connectivity index (χ3v) is 10.6. The van der Waals surface area contributed by atoms with E-state index in [1.165, 1.54) is 31.7 Å². The summed E-state index contributed by atoms with van der Waals surface area (Å²) < 4.78 is 2.43. The van der Waals surface area contributed by atoms with E-state index in [4.69, 9.17) is 9.97 Å². The Hall–Kier alpha value is -4.21. The van der Waals surface area contributed by atoms with Crippen LogP contribution >= 0.6 is 22.7 Å². The van der Waals surface area contributed by atoms with Crippen molar-refractivity contribution in [3.63, 3.8) is 0 Å². The van der Waals surface area contributed by atoms with E-state index in [1.54, 1.807) is 22.7 Å². The van der Waals surface area contributed by atoms with E-state index in [2.05, 4.69) is 146 Å². The van der Waals surface area contributed by atoms with Gasteiger partial charge in [-0.15, -0.1) is 47.2 Å². The second-order valence-corrected chi connectivity index (χ2v) is 12.9. The van der Waals surface area contributed by atoms with Crippen molar-refractivity contribution in [3.8, 4) is 32.3 Å². The van der Waals surface area contributed by atoms with Gasteiger partial charge in [-0.2, -0.15) is 0 Å². The quantitative estimate of drug-likeness (QED) is 0.166. The average molecular weight is 778 g/mol. The number of fused-ring (bicyclic) bond motifs is 5. The monoisotopic (exact) mass is 777 g/mol. The van der Waals surface area contributed by atoms with Gasteiger partial charge in [-0.05, 0) is 53.5 Å². The van der Waals surface area contributed by atoms with Crippen LogP contribution in [0.5, 0.6) is 0 Å². The number of rotatable bonds is 4. The number of thiophene rings is 2. The van der Waals surface area contributed by atoms with Crippen LogP contribution < -0.4 is 0 Å². The Bertz CT molecular complexity index is 2100. The molecular formula is C39H22N2PtS2. The molecule has 0 saturated heterocycles. The third kappa shape index (κ3) is 4.09. The summed E-state index contributed by atoms with van der Waals surface area (Å²) in [6, 6.07) is 54.2. The zero-order chi connectivity index (χ0) is 28.4. The van der Waals surface area contributed by atoms with Crippen LogP contribution in [-0.4, -0.2) is 9.97 Å². The first-order valence-corrected chi connectivity index (χ1v) is 15.9. The van der Waals surface area contributed by atoms with Gasteiger partial charge in [0.1, 0.15) is 5.41 Å². The van der Waals surface area contributed by atoms with Gasteiger partial charge in [-0.25, -0.2) is 22.7 Å². The molecule has 0 spiro atoms. The van der Waals surface area contributed by atoms with Gasteiger partial charge in [0.25, 0.3) is 0 Å². The van der Waals surface area contributed by atoms with Crippen molar-refractivity contribution in [1.29, 1.82) is 0 Å². The van der Waals surface area contributed by atoms with Crippen molar-refractivity contribution in [2.45, 2.75) is 5.41 Å². The second-order valence-electron chi connectivity index (χ2n) is 10.8. The fourth-order valence-electron chi connectivity index (χ4n) is 6.52. The van der Waals surface area contributed by atoms with Crippen molar-refractivity contribution in [3.05, 3.63) is 168 Å². The summed E-state index contributed by atoms with van der Waals surface area (Å²) in [5, 5.41) is 2.24. The molecule has 0 bridgehead atoms.